The molecule has 1 nitrogen and oxygen atoms in total. The van der Waals surface area contributed by atoms with Gasteiger partial charge in [0, 0.05) is 12.5 Å². The Balaban J connectivity index is 2.03. The Morgan fingerprint density at radius 1 is 1.19 bits per heavy atom. The van der Waals surface area contributed by atoms with E-state index in [4.69, 9.17) is 0 Å². The third kappa shape index (κ3) is 5.19. The molecule has 0 radical (unpaired) electrons. The highest BCUT2D eigenvalue weighted by Gasteiger charge is 2.27. The summed E-state index contributed by atoms with van der Waals surface area (Å²) in [5.41, 5.74) is 0. The summed E-state index contributed by atoms with van der Waals surface area (Å²) in [6, 6.07) is 0.552. The van der Waals surface area contributed by atoms with Crippen molar-refractivity contribution in [2.75, 3.05) is 6.54 Å². The van der Waals surface area contributed by atoms with E-state index in [0.717, 1.165) is 12.5 Å². The van der Waals surface area contributed by atoms with Crippen LogP contribution < -0.4 is 5.32 Å². The summed E-state index contributed by atoms with van der Waals surface area (Å²) in [5, 5.41) is 3.40. The van der Waals surface area contributed by atoms with Gasteiger partial charge < -0.3 is 5.32 Å². The largest absolute Gasteiger partial charge is 0.389 e. The van der Waals surface area contributed by atoms with Crippen LogP contribution >= 0.6 is 0 Å². The minimum atomic E-state index is -3.99. The highest BCUT2D eigenvalue weighted by Crippen LogP contribution is 2.28. The Kier molecular flexibility index (Phi) is 5.59. The lowest BCUT2D eigenvalue weighted by Crippen LogP contribution is -2.32. The van der Waals surface area contributed by atoms with E-state index in [0.29, 0.717) is 12.5 Å². The Labute approximate surface area is 95.8 Å². The van der Waals surface area contributed by atoms with Gasteiger partial charge in [0.25, 0.3) is 0 Å². The van der Waals surface area contributed by atoms with Gasteiger partial charge >= 0.3 is 6.18 Å². The minimum Gasteiger partial charge on any atom is -0.314 e. The van der Waals surface area contributed by atoms with Crippen molar-refractivity contribution in [2.45, 2.75) is 64.1 Å². The number of alkyl halides is 3. The number of unbranched alkanes of at least 4 members (excludes halogenated alkanes) is 1. The zero-order chi connectivity index (χ0) is 12.0. The summed E-state index contributed by atoms with van der Waals surface area (Å²) in [7, 11) is 0. The molecule has 16 heavy (non-hydrogen) atoms. The lowest BCUT2D eigenvalue weighted by atomic mass is 10.0. The Bertz CT molecular complexity index is 191. The summed E-state index contributed by atoms with van der Waals surface area (Å²) in [6.45, 7) is 2.92. The zero-order valence-corrected chi connectivity index (χ0v) is 9.95. The minimum absolute atomic E-state index is 0.250. The number of hydrogen-bond acceptors (Lipinski definition) is 1. The standard InChI is InChI=1S/C12H22F3N/c1-2-10-6-5-7-11(10)16-9-4-3-8-12(13,14)15/h10-11,16H,2-9H2,1H3. The van der Waals surface area contributed by atoms with Crippen LogP contribution in [0.25, 0.3) is 0 Å². The molecular formula is C12H22F3N. The molecule has 1 N–H and O–H groups in total. The van der Waals surface area contributed by atoms with Crippen molar-refractivity contribution < 1.29 is 13.2 Å². The first-order valence-electron chi connectivity index (χ1n) is 6.33. The molecule has 1 saturated carbocycles. The molecule has 0 heterocycles. The average Bonchev–Trinajstić information content (AvgIpc) is 2.63. The van der Waals surface area contributed by atoms with E-state index in [-0.39, 0.29) is 6.42 Å². The third-order valence-corrected chi connectivity index (χ3v) is 3.48. The second kappa shape index (κ2) is 6.48. The van der Waals surface area contributed by atoms with Gasteiger partial charge in [-0.2, -0.15) is 13.2 Å². The monoisotopic (exact) mass is 237 g/mol. The predicted molar refractivity (Wildman–Crippen MR) is 59.3 cm³/mol. The van der Waals surface area contributed by atoms with Crippen molar-refractivity contribution in [3.63, 3.8) is 0 Å². The maximum absolute atomic E-state index is 11.9. The molecule has 2 unspecified atom stereocenters. The molecule has 0 aromatic carbocycles. The van der Waals surface area contributed by atoms with Crippen molar-refractivity contribution in [2.24, 2.45) is 5.92 Å². The van der Waals surface area contributed by atoms with E-state index >= 15 is 0 Å². The van der Waals surface area contributed by atoms with Crippen molar-refractivity contribution in [1.29, 1.82) is 0 Å². The van der Waals surface area contributed by atoms with E-state index < -0.39 is 12.6 Å². The number of hydrogen-bond donors (Lipinski definition) is 1. The normalized spacial score (nSPS) is 26.2. The van der Waals surface area contributed by atoms with E-state index in [2.05, 4.69) is 12.2 Å². The number of halogens is 3. The van der Waals surface area contributed by atoms with Crippen LogP contribution in [0.3, 0.4) is 0 Å². The summed E-state index contributed by atoms with van der Waals surface area (Å²) < 4.78 is 35.6. The van der Waals surface area contributed by atoms with Crippen LogP contribution in [0.4, 0.5) is 13.2 Å². The second-order valence-corrected chi connectivity index (χ2v) is 4.73. The quantitative estimate of drug-likeness (QED) is 0.691. The van der Waals surface area contributed by atoms with E-state index in [1.807, 2.05) is 0 Å². The van der Waals surface area contributed by atoms with Crippen LogP contribution in [-0.2, 0) is 0 Å². The fourth-order valence-corrected chi connectivity index (χ4v) is 2.53. The summed E-state index contributed by atoms with van der Waals surface area (Å²) >= 11 is 0. The Hall–Kier alpha value is -0.250. The highest BCUT2D eigenvalue weighted by molar-refractivity contribution is 4.81. The van der Waals surface area contributed by atoms with Crippen molar-refractivity contribution in [1.82, 2.24) is 5.32 Å². The molecule has 96 valence electrons. The molecular weight excluding hydrogens is 215 g/mol. The van der Waals surface area contributed by atoms with Gasteiger partial charge in [0.05, 0.1) is 0 Å². The average molecular weight is 237 g/mol. The Morgan fingerprint density at radius 3 is 2.56 bits per heavy atom. The van der Waals surface area contributed by atoms with Crippen LogP contribution in [0.5, 0.6) is 0 Å². The smallest absolute Gasteiger partial charge is 0.314 e. The van der Waals surface area contributed by atoms with E-state index in [1.54, 1.807) is 0 Å². The van der Waals surface area contributed by atoms with Crippen molar-refractivity contribution in [3.8, 4) is 0 Å². The third-order valence-electron chi connectivity index (χ3n) is 3.48. The van der Waals surface area contributed by atoms with Gasteiger partial charge in [-0.05, 0) is 38.1 Å². The molecule has 1 aliphatic rings. The van der Waals surface area contributed by atoms with Gasteiger partial charge in [0.2, 0.25) is 0 Å². The van der Waals surface area contributed by atoms with Gasteiger partial charge in [0.1, 0.15) is 0 Å². The van der Waals surface area contributed by atoms with Gasteiger partial charge in [0.15, 0.2) is 0 Å². The molecule has 4 heteroatoms. The van der Waals surface area contributed by atoms with Crippen molar-refractivity contribution in [3.05, 3.63) is 0 Å². The molecule has 1 rings (SSSR count). The van der Waals surface area contributed by atoms with Gasteiger partial charge in [-0.1, -0.05) is 19.8 Å². The SMILES string of the molecule is CCC1CCCC1NCCCCC(F)(F)F. The molecule has 1 fully saturated rings. The van der Waals surface area contributed by atoms with Crippen LogP contribution in [0.15, 0.2) is 0 Å². The number of rotatable bonds is 6. The van der Waals surface area contributed by atoms with Crippen LogP contribution in [0.1, 0.15) is 51.9 Å². The maximum atomic E-state index is 11.9. The first kappa shape index (κ1) is 13.8. The highest BCUT2D eigenvalue weighted by atomic mass is 19.4. The van der Waals surface area contributed by atoms with Crippen LogP contribution in [0, 0.1) is 5.92 Å². The fourth-order valence-electron chi connectivity index (χ4n) is 2.53. The second-order valence-electron chi connectivity index (χ2n) is 4.73. The number of nitrogens with one attached hydrogen (secondary N) is 1. The fraction of sp³-hybridized carbons (Fsp3) is 1.00. The molecule has 0 aromatic heterocycles. The molecule has 0 amide bonds. The first-order valence-corrected chi connectivity index (χ1v) is 6.33. The summed E-state index contributed by atoms with van der Waals surface area (Å²) in [6.07, 6.45) is 1.16. The van der Waals surface area contributed by atoms with E-state index in [1.165, 1.54) is 25.7 Å². The maximum Gasteiger partial charge on any atom is 0.389 e. The molecule has 0 aliphatic heterocycles. The van der Waals surface area contributed by atoms with Crippen LogP contribution in [0.2, 0.25) is 0 Å². The summed E-state index contributed by atoms with van der Waals surface area (Å²) in [4.78, 5) is 0. The van der Waals surface area contributed by atoms with Gasteiger partial charge in [-0.25, -0.2) is 0 Å². The molecule has 0 bridgehead atoms. The summed E-state index contributed by atoms with van der Waals surface area (Å²) in [5.74, 6) is 0.739. The molecule has 0 aromatic rings. The zero-order valence-electron chi connectivity index (χ0n) is 9.95. The topological polar surface area (TPSA) is 12.0 Å². The van der Waals surface area contributed by atoms with Gasteiger partial charge in [-0.3, -0.25) is 0 Å². The molecule has 0 saturated heterocycles. The molecule has 2 atom stereocenters. The molecule has 0 spiro atoms. The van der Waals surface area contributed by atoms with Gasteiger partial charge in [-0.15, -0.1) is 0 Å². The van der Waals surface area contributed by atoms with E-state index in [9.17, 15) is 13.2 Å². The lowest BCUT2D eigenvalue weighted by Gasteiger charge is -2.19. The lowest BCUT2D eigenvalue weighted by molar-refractivity contribution is -0.135. The first-order chi connectivity index (χ1) is 7.53. The Morgan fingerprint density at radius 2 is 1.94 bits per heavy atom. The predicted octanol–water partition coefficient (Wildman–Crippen LogP) is 3.89. The van der Waals surface area contributed by atoms with Crippen molar-refractivity contribution >= 4 is 0 Å². The molecule has 1 aliphatic carbocycles. The van der Waals surface area contributed by atoms with Crippen LogP contribution in [-0.4, -0.2) is 18.8 Å².